The Kier molecular flexibility index (Phi) is 6.09. The minimum Gasteiger partial charge on any atom is -0.388 e. The van der Waals surface area contributed by atoms with Crippen LogP contribution < -0.4 is 9.47 Å². The van der Waals surface area contributed by atoms with Crippen molar-refractivity contribution in [3.63, 3.8) is 0 Å². The largest absolute Gasteiger partial charge is 0.388 e. The first kappa shape index (κ1) is 20.3. The number of sulfone groups is 1. The Bertz CT molecular complexity index is 951. The molecule has 0 amide bonds. The summed E-state index contributed by atoms with van der Waals surface area (Å²) in [5.41, 5.74) is 1.26. The van der Waals surface area contributed by atoms with Gasteiger partial charge in [-0.1, -0.05) is 27.7 Å². The van der Waals surface area contributed by atoms with Crippen molar-refractivity contribution in [1.82, 2.24) is 0 Å². The van der Waals surface area contributed by atoms with E-state index in [4.69, 9.17) is 20.0 Å². The molecule has 0 N–H and O–H groups in total. The van der Waals surface area contributed by atoms with E-state index < -0.39 is 9.84 Å². The normalized spacial score (nSPS) is 11.1. The Hall–Kier alpha value is -3.03. The third-order valence-corrected chi connectivity index (χ3v) is 5.89. The van der Waals surface area contributed by atoms with Crippen LogP contribution >= 0.6 is 0 Å². The maximum atomic E-state index is 13.1. The molecule has 0 aliphatic carbocycles. The van der Waals surface area contributed by atoms with Crippen molar-refractivity contribution in [2.24, 2.45) is 0 Å². The minimum absolute atomic E-state index is 0.0267. The van der Waals surface area contributed by atoms with Gasteiger partial charge in [0.2, 0.25) is 9.84 Å². The van der Waals surface area contributed by atoms with Crippen LogP contribution in [0.25, 0.3) is 0 Å². The highest BCUT2D eigenvalue weighted by atomic mass is 32.2. The molecule has 0 aliphatic heterocycles. The van der Waals surface area contributed by atoms with Gasteiger partial charge in [-0.15, -0.1) is 10.5 Å². The average molecular weight is 384 g/mol. The van der Waals surface area contributed by atoms with Crippen LogP contribution in [0.4, 0.5) is 0 Å². The molecule has 6 nitrogen and oxygen atoms in total. The van der Waals surface area contributed by atoms with Crippen LogP contribution in [0.3, 0.4) is 0 Å². The molecule has 0 atom stereocenters. The Morgan fingerprint density at radius 3 is 1.44 bits per heavy atom. The van der Waals surface area contributed by atoms with E-state index in [0.717, 1.165) is 0 Å². The molecule has 140 valence electrons. The second-order valence-electron chi connectivity index (χ2n) is 6.60. The molecule has 2 aromatic carbocycles. The molecular formula is C20H20N2O4S. The molecule has 7 heteroatoms. The smallest absolute Gasteiger partial charge is 0.292 e. The minimum atomic E-state index is -3.79. The number of hydrogen-bond donors (Lipinski definition) is 0. The molecule has 0 heterocycles. The third-order valence-electron chi connectivity index (χ3n) is 4.14. The predicted molar refractivity (Wildman–Crippen MR) is 99.0 cm³/mol. The quantitative estimate of drug-likeness (QED) is 0.680. The number of nitriles is 2. The molecule has 0 spiro atoms. The van der Waals surface area contributed by atoms with E-state index in [2.05, 4.69) is 0 Å². The zero-order chi connectivity index (χ0) is 20.2. The van der Waals surface area contributed by atoms with E-state index >= 15 is 0 Å². The molecule has 2 aromatic rings. The summed E-state index contributed by atoms with van der Waals surface area (Å²) in [5, 5.41) is 17.5. The van der Waals surface area contributed by atoms with Gasteiger partial charge in [0.25, 0.3) is 12.5 Å². The van der Waals surface area contributed by atoms with Gasteiger partial charge in [0.15, 0.2) is 0 Å². The van der Waals surface area contributed by atoms with Crippen molar-refractivity contribution >= 4 is 9.84 Å². The summed E-state index contributed by atoms with van der Waals surface area (Å²) in [7, 11) is -3.79. The fourth-order valence-electron chi connectivity index (χ4n) is 2.71. The number of benzene rings is 2. The highest BCUT2D eigenvalue weighted by Crippen LogP contribution is 2.34. The maximum Gasteiger partial charge on any atom is 0.292 e. The van der Waals surface area contributed by atoms with Crippen molar-refractivity contribution in [3.8, 4) is 24.0 Å². The lowest BCUT2D eigenvalue weighted by molar-refractivity contribution is 0.495. The van der Waals surface area contributed by atoms with Crippen molar-refractivity contribution < 1.29 is 17.9 Å². The van der Waals surface area contributed by atoms with Crippen LogP contribution in [0.1, 0.15) is 50.7 Å². The molecule has 0 aliphatic rings. The summed E-state index contributed by atoms with van der Waals surface area (Å²) in [6.07, 6.45) is 3.24. The zero-order valence-electron chi connectivity index (χ0n) is 15.6. The average Bonchev–Trinajstić information content (AvgIpc) is 2.62. The van der Waals surface area contributed by atoms with Gasteiger partial charge in [-0.2, -0.15) is 0 Å². The van der Waals surface area contributed by atoms with Gasteiger partial charge in [0.1, 0.15) is 11.5 Å². The summed E-state index contributed by atoms with van der Waals surface area (Å²) in [6, 6.07) is 8.87. The molecule has 2 rings (SSSR count). The van der Waals surface area contributed by atoms with Crippen LogP contribution in [0.2, 0.25) is 0 Å². The number of hydrogen-bond acceptors (Lipinski definition) is 6. The molecule has 0 fully saturated rings. The lowest BCUT2D eigenvalue weighted by atomic mass is 10.0. The fourth-order valence-corrected chi connectivity index (χ4v) is 4.04. The lowest BCUT2D eigenvalue weighted by Crippen LogP contribution is -2.06. The van der Waals surface area contributed by atoms with Crippen molar-refractivity contribution in [1.29, 1.82) is 10.5 Å². The van der Waals surface area contributed by atoms with Gasteiger partial charge in [0.05, 0.1) is 9.79 Å². The predicted octanol–water partition coefficient (Wildman–Crippen LogP) is 4.49. The fraction of sp³-hybridized carbons (Fsp3) is 0.300. The van der Waals surface area contributed by atoms with Crippen molar-refractivity contribution in [3.05, 3.63) is 47.5 Å². The number of nitrogens with zero attached hydrogens (tertiary/aromatic N) is 2. The zero-order valence-corrected chi connectivity index (χ0v) is 16.4. The van der Waals surface area contributed by atoms with Crippen LogP contribution in [-0.4, -0.2) is 8.42 Å². The SMILES string of the molecule is CC(C)c1cc(S(=O)(=O)c2ccc(OC#N)c(C(C)C)c2)ccc1OC#N. The Labute approximate surface area is 159 Å². The number of rotatable bonds is 6. The van der Waals surface area contributed by atoms with Gasteiger partial charge in [-0.25, -0.2) is 8.42 Å². The third kappa shape index (κ3) is 4.21. The Balaban J connectivity index is 2.59. The van der Waals surface area contributed by atoms with Gasteiger partial charge in [-0.05, 0) is 59.4 Å². The van der Waals surface area contributed by atoms with Gasteiger partial charge in [0, 0.05) is 0 Å². The van der Waals surface area contributed by atoms with E-state index in [1.54, 1.807) is 12.5 Å². The summed E-state index contributed by atoms with van der Waals surface area (Å²) in [6.45, 7) is 7.56. The summed E-state index contributed by atoms with van der Waals surface area (Å²) >= 11 is 0. The summed E-state index contributed by atoms with van der Waals surface area (Å²) in [4.78, 5) is 0.222. The Morgan fingerprint density at radius 2 is 1.15 bits per heavy atom. The van der Waals surface area contributed by atoms with Crippen LogP contribution in [0.5, 0.6) is 11.5 Å². The molecule has 0 radical (unpaired) electrons. The molecule has 27 heavy (non-hydrogen) atoms. The van der Waals surface area contributed by atoms with Crippen LogP contribution in [-0.2, 0) is 9.84 Å². The molecule has 0 bridgehead atoms. The first-order valence-corrected chi connectivity index (χ1v) is 9.85. The topological polar surface area (TPSA) is 100 Å². The first-order chi connectivity index (χ1) is 12.7. The molecule has 0 aromatic heterocycles. The lowest BCUT2D eigenvalue weighted by Gasteiger charge is -2.15. The van der Waals surface area contributed by atoms with E-state index in [0.29, 0.717) is 22.6 Å². The molecule has 0 saturated heterocycles. The number of ether oxygens (including phenoxy) is 2. The highest BCUT2D eigenvalue weighted by molar-refractivity contribution is 7.91. The maximum absolute atomic E-state index is 13.1. The van der Waals surface area contributed by atoms with Crippen LogP contribution in [0, 0.1) is 23.0 Å². The monoisotopic (exact) mass is 384 g/mol. The van der Waals surface area contributed by atoms with E-state index in [1.165, 1.54) is 36.4 Å². The van der Waals surface area contributed by atoms with E-state index in [1.807, 2.05) is 27.7 Å². The standard InChI is InChI=1S/C20H20N2O4S/c1-13(2)17-9-15(5-7-19(17)25-11-21)27(23,24)16-6-8-20(26-12-22)18(10-16)14(3)4/h5-10,13-14H,1-4H3. The molecular weight excluding hydrogens is 364 g/mol. The highest BCUT2D eigenvalue weighted by Gasteiger charge is 2.23. The second-order valence-corrected chi connectivity index (χ2v) is 8.55. The van der Waals surface area contributed by atoms with Gasteiger partial charge in [-0.3, -0.25) is 0 Å². The van der Waals surface area contributed by atoms with Gasteiger partial charge >= 0.3 is 0 Å². The Morgan fingerprint density at radius 1 is 0.778 bits per heavy atom. The second kappa shape index (κ2) is 8.11. The van der Waals surface area contributed by atoms with Crippen molar-refractivity contribution in [2.45, 2.75) is 49.3 Å². The molecule has 0 saturated carbocycles. The van der Waals surface area contributed by atoms with Crippen molar-refractivity contribution in [2.75, 3.05) is 0 Å². The van der Waals surface area contributed by atoms with Gasteiger partial charge < -0.3 is 9.47 Å². The first-order valence-electron chi connectivity index (χ1n) is 8.37. The van der Waals surface area contributed by atoms with E-state index in [-0.39, 0.29) is 21.6 Å². The summed E-state index contributed by atoms with van der Waals surface area (Å²) in [5.74, 6) is 0.626. The summed E-state index contributed by atoms with van der Waals surface area (Å²) < 4.78 is 36.1. The van der Waals surface area contributed by atoms with Crippen LogP contribution in [0.15, 0.2) is 46.2 Å². The van der Waals surface area contributed by atoms with E-state index in [9.17, 15) is 8.42 Å². The molecule has 0 unspecified atom stereocenters.